The van der Waals surface area contributed by atoms with E-state index in [1.807, 2.05) is 18.2 Å². The molecule has 0 aliphatic heterocycles. The van der Waals surface area contributed by atoms with E-state index in [4.69, 9.17) is 16.0 Å². The van der Waals surface area contributed by atoms with Gasteiger partial charge in [0.15, 0.2) is 0 Å². The number of halogens is 1. The van der Waals surface area contributed by atoms with E-state index in [1.54, 1.807) is 30.3 Å². The van der Waals surface area contributed by atoms with Crippen molar-refractivity contribution in [3.8, 4) is 0 Å². The molecule has 3 rings (SSSR count). The molecule has 0 fully saturated rings. The Morgan fingerprint density at radius 2 is 1.86 bits per heavy atom. The predicted molar refractivity (Wildman–Crippen MR) is 108 cm³/mol. The van der Waals surface area contributed by atoms with Crippen LogP contribution >= 0.6 is 11.6 Å². The van der Waals surface area contributed by atoms with E-state index in [1.165, 1.54) is 18.4 Å². The fourth-order valence-corrected chi connectivity index (χ4v) is 3.85. The summed E-state index contributed by atoms with van der Waals surface area (Å²) in [4.78, 5) is 12.3. The van der Waals surface area contributed by atoms with Crippen LogP contribution in [0, 0.1) is 0 Å². The lowest BCUT2D eigenvalue weighted by atomic mass is 10.1. The van der Waals surface area contributed by atoms with Gasteiger partial charge in [0.1, 0.15) is 5.76 Å². The molecule has 8 heteroatoms. The number of hydrogen-bond acceptors (Lipinski definition) is 4. The second kappa shape index (κ2) is 9.05. The van der Waals surface area contributed by atoms with Gasteiger partial charge in [-0.25, -0.2) is 13.1 Å². The Kier molecular flexibility index (Phi) is 6.51. The van der Waals surface area contributed by atoms with Crippen molar-refractivity contribution in [2.24, 2.45) is 0 Å². The third kappa shape index (κ3) is 5.45. The zero-order valence-electron chi connectivity index (χ0n) is 14.9. The van der Waals surface area contributed by atoms with E-state index in [9.17, 15) is 13.2 Å². The fraction of sp³-hybridized carbons (Fsp3) is 0.150. The van der Waals surface area contributed by atoms with Crippen molar-refractivity contribution in [1.82, 2.24) is 4.72 Å². The lowest BCUT2D eigenvalue weighted by molar-refractivity contribution is -0.116. The molecule has 146 valence electrons. The van der Waals surface area contributed by atoms with Gasteiger partial charge in [-0.05, 0) is 48.4 Å². The van der Waals surface area contributed by atoms with Crippen LogP contribution in [-0.2, 0) is 27.8 Å². The molecule has 0 aliphatic carbocycles. The van der Waals surface area contributed by atoms with Crippen molar-refractivity contribution in [1.29, 1.82) is 0 Å². The van der Waals surface area contributed by atoms with Gasteiger partial charge in [-0.1, -0.05) is 35.9 Å². The van der Waals surface area contributed by atoms with Gasteiger partial charge in [0.2, 0.25) is 15.9 Å². The number of carbonyl (C=O) groups excluding carboxylic acids is 1. The van der Waals surface area contributed by atoms with Crippen LogP contribution in [0.4, 0.5) is 5.69 Å². The molecule has 0 saturated heterocycles. The van der Waals surface area contributed by atoms with Crippen LogP contribution in [0.3, 0.4) is 0 Å². The molecule has 1 aromatic heterocycles. The summed E-state index contributed by atoms with van der Waals surface area (Å²) in [6.45, 7) is 0.0454. The summed E-state index contributed by atoms with van der Waals surface area (Å²) in [5.41, 5.74) is 1.29. The topological polar surface area (TPSA) is 88.4 Å². The van der Waals surface area contributed by atoms with Crippen LogP contribution in [-0.4, -0.2) is 14.3 Å². The number of hydrogen-bond donors (Lipinski definition) is 2. The predicted octanol–water partition coefficient (Wildman–Crippen LogP) is 3.98. The molecular formula is C20H19ClN2O4S. The molecule has 0 unspecified atom stereocenters. The molecule has 0 aliphatic rings. The third-order valence-electron chi connectivity index (χ3n) is 4.02. The second-order valence-corrected chi connectivity index (χ2v) is 8.25. The van der Waals surface area contributed by atoms with E-state index in [2.05, 4.69) is 10.0 Å². The van der Waals surface area contributed by atoms with Gasteiger partial charge >= 0.3 is 0 Å². The van der Waals surface area contributed by atoms with Gasteiger partial charge in [0, 0.05) is 17.1 Å². The minimum atomic E-state index is -3.73. The van der Waals surface area contributed by atoms with Crippen LogP contribution in [0.5, 0.6) is 0 Å². The third-order valence-corrected chi connectivity index (χ3v) is 5.79. The smallest absolute Gasteiger partial charge is 0.241 e. The van der Waals surface area contributed by atoms with Crippen LogP contribution in [0.2, 0.25) is 5.02 Å². The summed E-state index contributed by atoms with van der Waals surface area (Å²) in [6.07, 6.45) is 2.20. The quantitative estimate of drug-likeness (QED) is 0.579. The molecule has 2 aromatic carbocycles. The molecule has 0 spiro atoms. The minimum absolute atomic E-state index is 0.0454. The summed E-state index contributed by atoms with van der Waals surface area (Å²) in [6, 6.07) is 16.8. The monoisotopic (exact) mass is 418 g/mol. The van der Waals surface area contributed by atoms with Gasteiger partial charge in [-0.15, -0.1) is 0 Å². The van der Waals surface area contributed by atoms with Crippen LogP contribution in [0.1, 0.15) is 17.7 Å². The first-order valence-electron chi connectivity index (χ1n) is 8.59. The molecule has 28 heavy (non-hydrogen) atoms. The number of furan rings is 1. The first-order valence-corrected chi connectivity index (χ1v) is 10.5. The number of sulfonamides is 1. The maximum absolute atomic E-state index is 12.4. The van der Waals surface area contributed by atoms with Crippen molar-refractivity contribution in [3.05, 3.63) is 83.3 Å². The standard InChI is InChI=1S/C20H19ClN2O4S/c21-19-9-2-1-5-15(19)10-11-20(24)23-16-6-3-8-18(13-16)28(25,26)22-14-17-7-4-12-27-17/h1-9,12-13,22H,10-11,14H2,(H,23,24). The first-order chi connectivity index (χ1) is 13.4. The average molecular weight is 419 g/mol. The van der Waals surface area contributed by atoms with E-state index in [-0.39, 0.29) is 23.8 Å². The Bertz CT molecular complexity index is 1050. The van der Waals surface area contributed by atoms with Crippen LogP contribution in [0.15, 0.2) is 76.2 Å². The van der Waals surface area contributed by atoms with E-state index in [0.29, 0.717) is 22.9 Å². The Labute approximate surface area is 168 Å². The van der Waals surface area contributed by atoms with Crippen molar-refractivity contribution < 1.29 is 17.6 Å². The number of anilines is 1. The summed E-state index contributed by atoms with van der Waals surface area (Å²) in [7, 11) is -3.73. The fourth-order valence-electron chi connectivity index (χ4n) is 2.58. The van der Waals surface area contributed by atoms with Gasteiger partial charge in [-0.3, -0.25) is 4.79 Å². The van der Waals surface area contributed by atoms with Crippen molar-refractivity contribution in [2.75, 3.05) is 5.32 Å². The summed E-state index contributed by atoms with van der Waals surface area (Å²) in [5, 5.41) is 3.34. The van der Waals surface area contributed by atoms with Gasteiger partial charge in [-0.2, -0.15) is 0 Å². The SMILES string of the molecule is O=C(CCc1ccccc1Cl)Nc1cccc(S(=O)(=O)NCc2ccco2)c1. The van der Waals surface area contributed by atoms with E-state index in [0.717, 1.165) is 5.56 Å². The normalized spacial score (nSPS) is 11.3. The van der Waals surface area contributed by atoms with E-state index >= 15 is 0 Å². The molecule has 0 bridgehead atoms. The molecule has 6 nitrogen and oxygen atoms in total. The molecule has 0 radical (unpaired) electrons. The zero-order valence-corrected chi connectivity index (χ0v) is 16.5. The minimum Gasteiger partial charge on any atom is -0.468 e. The molecule has 1 amide bonds. The lowest BCUT2D eigenvalue weighted by Crippen LogP contribution is -2.23. The number of amides is 1. The molecule has 1 heterocycles. The van der Waals surface area contributed by atoms with Gasteiger partial charge in [0.05, 0.1) is 17.7 Å². The number of nitrogens with one attached hydrogen (secondary N) is 2. The maximum Gasteiger partial charge on any atom is 0.241 e. The highest BCUT2D eigenvalue weighted by Crippen LogP contribution is 2.18. The average Bonchev–Trinajstić information content (AvgIpc) is 3.20. The van der Waals surface area contributed by atoms with Crippen LogP contribution in [0.25, 0.3) is 0 Å². The molecule has 2 N–H and O–H groups in total. The zero-order chi connectivity index (χ0) is 20.0. The van der Waals surface area contributed by atoms with E-state index < -0.39 is 10.0 Å². The summed E-state index contributed by atoms with van der Waals surface area (Å²) < 4.78 is 32.4. The molecule has 3 aromatic rings. The highest BCUT2D eigenvalue weighted by Gasteiger charge is 2.15. The Hall–Kier alpha value is -2.61. The van der Waals surface area contributed by atoms with Crippen molar-refractivity contribution >= 4 is 33.2 Å². The highest BCUT2D eigenvalue weighted by molar-refractivity contribution is 7.89. The van der Waals surface area contributed by atoms with Crippen molar-refractivity contribution in [2.45, 2.75) is 24.3 Å². The highest BCUT2D eigenvalue weighted by atomic mass is 35.5. The summed E-state index contributed by atoms with van der Waals surface area (Å²) >= 11 is 6.09. The Balaban J connectivity index is 1.60. The van der Waals surface area contributed by atoms with Crippen molar-refractivity contribution in [3.63, 3.8) is 0 Å². The van der Waals surface area contributed by atoms with Gasteiger partial charge < -0.3 is 9.73 Å². The Morgan fingerprint density at radius 3 is 2.61 bits per heavy atom. The molecule has 0 saturated carbocycles. The lowest BCUT2D eigenvalue weighted by Gasteiger charge is -2.09. The maximum atomic E-state index is 12.4. The van der Waals surface area contributed by atoms with Gasteiger partial charge in [0.25, 0.3) is 0 Å². The number of benzene rings is 2. The number of carbonyl (C=O) groups is 1. The number of aryl methyl sites for hydroxylation is 1. The van der Waals surface area contributed by atoms with Crippen LogP contribution < -0.4 is 10.0 Å². The molecule has 0 atom stereocenters. The molecular weight excluding hydrogens is 400 g/mol. The second-order valence-electron chi connectivity index (χ2n) is 6.07. The largest absolute Gasteiger partial charge is 0.468 e. The number of rotatable bonds is 8. The summed E-state index contributed by atoms with van der Waals surface area (Å²) in [5.74, 6) is 0.283. The Morgan fingerprint density at radius 1 is 1.04 bits per heavy atom. The first kappa shape index (κ1) is 20.1.